The van der Waals surface area contributed by atoms with E-state index in [4.69, 9.17) is 15.5 Å². The lowest BCUT2D eigenvalue weighted by Gasteiger charge is -2.50. The monoisotopic (exact) mass is 431 g/mol. The number of nitrogens with two attached hydrogens (primary N) is 1. The molecule has 8 nitrogen and oxygen atoms in total. The molecule has 32 heavy (non-hydrogen) atoms. The highest BCUT2D eigenvalue weighted by Gasteiger charge is 2.36. The van der Waals surface area contributed by atoms with Gasteiger partial charge < -0.3 is 20.3 Å². The summed E-state index contributed by atoms with van der Waals surface area (Å²) in [4.78, 5) is 14.6. The van der Waals surface area contributed by atoms with E-state index in [2.05, 4.69) is 45.3 Å². The van der Waals surface area contributed by atoms with E-state index >= 15 is 0 Å². The van der Waals surface area contributed by atoms with Gasteiger partial charge in [-0.3, -0.25) is 15.6 Å². The first-order chi connectivity index (χ1) is 15.4. The Balaban J connectivity index is 1.21. The maximum atomic E-state index is 5.81. The number of nitrogens with one attached hydrogen (secondary N) is 2. The molecule has 1 atom stereocenters. The van der Waals surface area contributed by atoms with Gasteiger partial charge in [-0.1, -0.05) is 0 Å². The summed E-state index contributed by atoms with van der Waals surface area (Å²) in [6, 6.07) is 12.8. The number of rotatable bonds is 3. The maximum Gasteiger partial charge on any atom is 0.225 e. The van der Waals surface area contributed by atoms with Crippen molar-refractivity contribution in [2.45, 2.75) is 31.8 Å². The van der Waals surface area contributed by atoms with Crippen molar-refractivity contribution in [2.24, 2.45) is 5.73 Å². The number of benzene rings is 1. The highest BCUT2D eigenvalue weighted by Crippen LogP contribution is 2.35. The second kappa shape index (κ2) is 7.30. The SMILES string of the molecule is CC1(C)CN(C2CN(c3cnc4ccc(-c5ccc6c(c5)NC(N)O6)nc4c3)C2)CCN1. The molecule has 3 aliphatic heterocycles. The zero-order chi connectivity index (χ0) is 21.9. The molecule has 0 aliphatic carbocycles. The Morgan fingerprint density at radius 3 is 2.84 bits per heavy atom. The summed E-state index contributed by atoms with van der Waals surface area (Å²) in [5.41, 5.74) is 11.8. The first-order valence-corrected chi connectivity index (χ1v) is 11.3. The number of fused-ring (bicyclic) bond motifs is 2. The van der Waals surface area contributed by atoms with Crippen LogP contribution in [0.15, 0.2) is 42.6 Å². The van der Waals surface area contributed by atoms with E-state index in [-0.39, 0.29) is 5.54 Å². The fourth-order valence-corrected chi connectivity index (χ4v) is 4.94. The van der Waals surface area contributed by atoms with Crippen molar-refractivity contribution in [3.05, 3.63) is 42.6 Å². The molecule has 2 fully saturated rings. The van der Waals surface area contributed by atoms with Crippen molar-refractivity contribution in [3.8, 4) is 17.0 Å². The number of ether oxygens (including phenoxy) is 1. The van der Waals surface area contributed by atoms with Gasteiger partial charge in [0.15, 0.2) is 0 Å². The van der Waals surface area contributed by atoms with E-state index in [1.807, 2.05) is 36.5 Å². The van der Waals surface area contributed by atoms with Crippen LogP contribution in [0.1, 0.15) is 13.8 Å². The van der Waals surface area contributed by atoms with Gasteiger partial charge in [0, 0.05) is 49.9 Å². The molecule has 2 aromatic heterocycles. The summed E-state index contributed by atoms with van der Waals surface area (Å²) in [6.07, 6.45) is 1.48. The third kappa shape index (κ3) is 3.54. The van der Waals surface area contributed by atoms with Gasteiger partial charge in [0.25, 0.3) is 0 Å². The Bertz CT molecular complexity index is 1170. The van der Waals surface area contributed by atoms with Crippen LogP contribution in [0.25, 0.3) is 22.3 Å². The van der Waals surface area contributed by atoms with Crippen LogP contribution in [-0.4, -0.2) is 65.5 Å². The molecule has 8 heteroatoms. The minimum atomic E-state index is -0.496. The molecule has 4 N–H and O–H groups in total. The fraction of sp³-hybridized carbons (Fsp3) is 0.417. The highest BCUT2D eigenvalue weighted by atomic mass is 16.5. The molecule has 0 bridgehead atoms. The van der Waals surface area contributed by atoms with Crippen molar-refractivity contribution in [2.75, 3.05) is 42.9 Å². The van der Waals surface area contributed by atoms with Crippen molar-refractivity contribution in [1.29, 1.82) is 0 Å². The topological polar surface area (TPSA) is 91.6 Å². The third-order valence-corrected chi connectivity index (χ3v) is 6.69. The number of aromatic nitrogens is 2. The van der Waals surface area contributed by atoms with Gasteiger partial charge in [0.05, 0.1) is 34.3 Å². The van der Waals surface area contributed by atoms with Crippen LogP contribution in [0.4, 0.5) is 11.4 Å². The van der Waals surface area contributed by atoms with Gasteiger partial charge in [-0.25, -0.2) is 4.98 Å². The minimum absolute atomic E-state index is 0.188. The van der Waals surface area contributed by atoms with E-state index < -0.39 is 6.35 Å². The Hall–Kier alpha value is -2.94. The van der Waals surface area contributed by atoms with E-state index in [9.17, 15) is 0 Å². The Morgan fingerprint density at radius 1 is 1.12 bits per heavy atom. The molecule has 0 spiro atoms. The average Bonchev–Trinajstić information content (AvgIpc) is 3.10. The van der Waals surface area contributed by atoms with Crippen molar-refractivity contribution in [1.82, 2.24) is 20.2 Å². The molecule has 1 aromatic carbocycles. The third-order valence-electron chi connectivity index (χ3n) is 6.69. The van der Waals surface area contributed by atoms with Gasteiger partial charge in [0.2, 0.25) is 6.35 Å². The van der Waals surface area contributed by atoms with E-state index in [0.717, 1.165) is 72.1 Å². The Morgan fingerprint density at radius 2 is 2.00 bits per heavy atom. The van der Waals surface area contributed by atoms with Gasteiger partial charge >= 0.3 is 0 Å². The van der Waals surface area contributed by atoms with Crippen LogP contribution >= 0.6 is 0 Å². The lowest BCUT2D eigenvalue weighted by atomic mass is 9.97. The van der Waals surface area contributed by atoms with Crippen LogP contribution in [0, 0.1) is 0 Å². The zero-order valence-electron chi connectivity index (χ0n) is 18.5. The molecule has 5 heterocycles. The Labute approximate surface area is 187 Å². The maximum absolute atomic E-state index is 5.81. The molecule has 1 unspecified atom stereocenters. The largest absolute Gasteiger partial charge is 0.456 e. The molecule has 6 rings (SSSR count). The molecule has 3 aliphatic rings. The number of hydrogen-bond donors (Lipinski definition) is 3. The van der Waals surface area contributed by atoms with Gasteiger partial charge in [0.1, 0.15) is 5.75 Å². The zero-order valence-corrected chi connectivity index (χ0v) is 18.5. The smallest absolute Gasteiger partial charge is 0.225 e. The molecule has 0 saturated carbocycles. The average molecular weight is 432 g/mol. The van der Waals surface area contributed by atoms with Gasteiger partial charge in [-0.15, -0.1) is 0 Å². The van der Waals surface area contributed by atoms with Crippen molar-refractivity contribution in [3.63, 3.8) is 0 Å². The standard InChI is InChI=1S/C24H29N7O/c1-24(2)14-30(8-7-27-24)17-12-31(13-17)16-10-20-19(26-11-16)5-4-18(28-20)15-3-6-22-21(9-15)29-23(25)32-22/h3-6,9-11,17,23,27,29H,7-8,12-14,25H2,1-2H3. The van der Waals surface area contributed by atoms with Crippen LogP contribution < -0.4 is 26.0 Å². The molecule has 0 radical (unpaired) electrons. The van der Waals surface area contributed by atoms with Crippen LogP contribution in [0.3, 0.4) is 0 Å². The predicted molar refractivity (Wildman–Crippen MR) is 127 cm³/mol. The molecule has 3 aromatic rings. The molecule has 0 amide bonds. The summed E-state index contributed by atoms with van der Waals surface area (Å²) in [7, 11) is 0. The number of nitrogens with zero attached hydrogens (tertiary/aromatic N) is 4. The summed E-state index contributed by atoms with van der Waals surface area (Å²) < 4.78 is 5.52. The van der Waals surface area contributed by atoms with E-state index in [0.29, 0.717) is 6.04 Å². The van der Waals surface area contributed by atoms with Gasteiger partial charge in [-0.05, 0) is 50.2 Å². The Kier molecular flexibility index (Phi) is 4.50. The predicted octanol–water partition coefficient (Wildman–Crippen LogP) is 2.22. The lowest BCUT2D eigenvalue weighted by molar-refractivity contribution is 0.0930. The summed E-state index contributed by atoms with van der Waals surface area (Å²) in [5, 5.41) is 6.72. The summed E-state index contributed by atoms with van der Waals surface area (Å²) in [6.45, 7) is 9.92. The minimum Gasteiger partial charge on any atom is -0.456 e. The lowest BCUT2D eigenvalue weighted by Crippen LogP contribution is -2.67. The first kappa shape index (κ1) is 19.7. The second-order valence-electron chi connectivity index (χ2n) is 9.66. The quantitative estimate of drug-likeness (QED) is 0.582. The van der Waals surface area contributed by atoms with Crippen LogP contribution in [0.5, 0.6) is 5.75 Å². The van der Waals surface area contributed by atoms with Crippen molar-refractivity contribution < 1.29 is 4.74 Å². The summed E-state index contributed by atoms with van der Waals surface area (Å²) in [5.74, 6) is 0.770. The second-order valence-corrected chi connectivity index (χ2v) is 9.66. The number of hydrogen-bond acceptors (Lipinski definition) is 8. The summed E-state index contributed by atoms with van der Waals surface area (Å²) >= 11 is 0. The normalized spacial score (nSPS) is 22.8. The van der Waals surface area contributed by atoms with E-state index in [1.54, 1.807) is 0 Å². The highest BCUT2D eigenvalue weighted by molar-refractivity contribution is 5.82. The van der Waals surface area contributed by atoms with E-state index in [1.165, 1.54) is 0 Å². The number of pyridine rings is 2. The van der Waals surface area contributed by atoms with Crippen LogP contribution in [-0.2, 0) is 0 Å². The molecular weight excluding hydrogens is 402 g/mol. The van der Waals surface area contributed by atoms with Crippen LogP contribution in [0.2, 0.25) is 0 Å². The molecular formula is C24H29N7O. The number of piperazine rings is 1. The fourth-order valence-electron chi connectivity index (χ4n) is 4.94. The van der Waals surface area contributed by atoms with Crippen molar-refractivity contribution >= 4 is 22.4 Å². The molecule has 2 saturated heterocycles. The molecule has 166 valence electrons. The number of anilines is 2. The first-order valence-electron chi connectivity index (χ1n) is 11.3. The van der Waals surface area contributed by atoms with Gasteiger partial charge in [-0.2, -0.15) is 0 Å².